The Bertz CT molecular complexity index is 2170. The van der Waals surface area contributed by atoms with Crippen LogP contribution in [0.1, 0.15) is 184 Å². The molecular weight excluding hydrogens is 1130 g/mol. The maximum Gasteiger partial charge on any atom is 1.00 e. The number of esters is 1. The Balaban J connectivity index is -0.000000165. The minimum absolute atomic E-state index is 0. The average molecular weight is 1230 g/mol. The second-order valence-electron chi connectivity index (χ2n) is 15.4. The van der Waals surface area contributed by atoms with Crippen LogP contribution in [0.5, 0.6) is 0 Å². The number of carbonyl (C=O) groups excluding carboxylic acids is 3. The standard InChI is InChI=1S/C12H16O3.C11H14O3.C10H12O3.C10H10O3.C7H6O.C5H9BrO2.5C2H6.B.Na.H/c13-11(10-4-2-1-3-5-10)6-7-12-14-8-9-15-12;1-14-11(13)8-7-10(12)9-5-3-2-4-6-9;2*11-9(6-7-10(12)13)8-4-2-1-3-5-8;8-6-7-4-2-1-3-5-7;6-2-1-5-7-3-4-8-5;5*1-2;;;/h1-5,11-13H,6-9H2;2-6,10,12H,7-8H2,1H3;1-5,9,11H,6-7H2,(H,12,13);1-5H,6-7H2,(H,12,13);1-6H;5H,1-4H2;5*1-2H3;;;/q;;;;;;;;;;;;+1;-1/t;10-;;;;;;;;;;;;/m.1............/s1. The molecule has 2 aliphatic heterocycles. The number of halogens is 1. The smallest absolute Gasteiger partial charge is 1.00 e. The van der Waals surface area contributed by atoms with Crippen molar-refractivity contribution in [3.8, 4) is 0 Å². The fourth-order valence-corrected chi connectivity index (χ4v) is 6.57. The normalized spacial score (nSPS) is 12.3. The molecule has 15 nitrogen and oxygen atoms in total. The number of aldehydes is 1. The zero-order valence-corrected chi connectivity index (χ0v) is 55.2. The predicted octanol–water partition coefficient (Wildman–Crippen LogP) is 11.4. The van der Waals surface area contributed by atoms with Gasteiger partial charge < -0.3 is 50.6 Å². The van der Waals surface area contributed by atoms with Crippen molar-refractivity contribution in [2.24, 2.45) is 0 Å². The predicted molar refractivity (Wildman–Crippen MR) is 334 cm³/mol. The van der Waals surface area contributed by atoms with Crippen molar-refractivity contribution in [2.75, 3.05) is 38.9 Å². The Morgan fingerprint density at radius 3 is 1.13 bits per heavy atom. The van der Waals surface area contributed by atoms with Crippen molar-refractivity contribution in [3.63, 3.8) is 0 Å². The molecule has 3 atom stereocenters. The number of aliphatic carboxylic acids is 2. The number of hydrogen-bond donors (Lipinski definition) is 5. The number of carboxylic acid groups (broad SMARTS) is 2. The van der Waals surface area contributed by atoms with Gasteiger partial charge in [0.15, 0.2) is 18.4 Å². The molecule has 2 aliphatic rings. The molecule has 0 saturated carbocycles. The van der Waals surface area contributed by atoms with E-state index >= 15 is 0 Å². The fraction of sp³-hybridized carbons (Fsp3) is 0.462. The number of carbonyl (C=O) groups is 5. The molecule has 2 fully saturated rings. The van der Waals surface area contributed by atoms with Crippen LogP contribution in [0.2, 0.25) is 0 Å². The SMILES string of the molecule is BrCCC1OCCO1.CC.CC.CC.CC.CC.COC(=O)CC[C@@H](O)c1ccccc1.O=C(O)CCC(=O)c1ccccc1.O=C(O)CCC(O)c1ccccc1.O=Cc1ccccc1.OC(CCC1OCCO1)c1ccccc1.[B].[H-].[Na+]. The molecule has 0 bridgehead atoms. The molecule has 5 N–H and O–H groups in total. The number of ether oxygens (including phenoxy) is 5. The molecule has 2 saturated heterocycles. The van der Waals surface area contributed by atoms with Crippen LogP contribution in [0, 0.1) is 0 Å². The van der Waals surface area contributed by atoms with Crippen molar-refractivity contribution in [2.45, 2.75) is 158 Å². The summed E-state index contributed by atoms with van der Waals surface area (Å²) in [5.74, 6) is -2.23. The van der Waals surface area contributed by atoms with E-state index in [1.165, 1.54) is 7.11 Å². The molecule has 2 unspecified atom stereocenters. The zero-order valence-electron chi connectivity index (χ0n) is 52.6. The summed E-state index contributed by atoms with van der Waals surface area (Å²) in [5.41, 5.74) is 3.85. The minimum Gasteiger partial charge on any atom is -1.00 e. The van der Waals surface area contributed by atoms with Gasteiger partial charge in [-0.2, -0.15) is 0 Å². The number of aliphatic hydroxyl groups excluding tert-OH is 3. The second-order valence-corrected chi connectivity index (χ2v) is 16.2. The van der Waals surface area contributed by atoms with Gasteiger partial charge in [0.05, 0.1) is 58.3 Å². The van der Waals surface area contributed by atoms with Crippen LogP contribution in [-0.2, 0) is 38.1 Å². The number of rotatable bonds is 19. The first-order valence-electron chi connectivity index (χ1n) is 28.2. The minimum atomic E-state index is -0.940. The summed E-state index contributed by atoms with van der Waals surface area (Å²) in [5, 5.41) is 46.7. The first-order valence-corrected chi connectivity index (χ1v) is 29.3. The van der Waals surface area contributed by atoms with E-state index in [4.69, 9.17) is 29.2 Å². The van der Waals surface area contributed by atoms with Crippen LogP contribution < -0.4 is 29.6 Å². The summed E-state index contributed by atoms with van der Waals surface area (Å²) in [4.78, 5) is 52.5. The van der Waals surface area contributed by atoms with Crippen LogP contribution in [0.15, 0.2) is 152 Å². The number of carboxylic acids is 2. The molecule has 0 aromatic heterocycles. The molecule has 5 aromatic carbocycles. The van der Waals surface area contributed by atoms with Gasteiger partial charge in [-0.05, 0) is 36.0 Å². The molecule has 459 valence electrons. The zero-order chi connectivity index (χ0) is 61.9. The number of hydrogen-bond acceptors (Lipinski definition) is 13. The molecule has 0 spiro atoms. The number of Topliss-reactive ketones (excluding diaryl/α,β-unsaturated/α-hetero) is 1. The van der Waals surface area contributed by atoms with Gasteiger partial charge in [0.25, 0.3) is 0 Å². The summed E-state index contributed by atoms with van der Waals surface area (Å²) < 4.78 is 25.4. The number of alkyl halides is 1. The van der Waals surface area contributed by atoms with E-state index in [0.717, 1.165) is 59.9 Å². The van der Waals surface area contributed by atoms with Crippen molar-refractivity contribution in [3.05, 3.63) is 179 Å². The molecule has 0 amide bonds. The Morgan fingerprint density at radius 1 is 0.506 bits per heavy atom. The second kappa shape index (κ2) is 66.3. The Labute approximate surface area is 531 Å². The monoisotopic (exact) mass is 1230 g/mol. The van der Waals surface area contributed by atoms with Crippen LogP contribution in [0.25, 0.3) is 0 Å². The van der Waals surface area contributed by atoms with E-state index in [1.807, 2.05) is 172 Å². The Hall–Kier alpha value is -4.89. The van der Waals surface area contributed by atoms with Gasteiger partial charge in [-0.1, -0.05) is 237 Å². The summed E-state index contributed by atoms with van der Waals surface area (Å²) in [7, 11) is 1.34. The van der Waals surface area contributed by atoms with Crippen LogP contribution in [-0.4, -0.2) is 115 Å². The summed E-state index contributed by atoms with van der Waals surface area (Å²) >= 11 is 3.30. The first-order chi connectivity index (χ1) is 39.4. The third-order valence-corrected chi connectivity index (χ3v) is 10.5. The molecule has 83 heavy (non-hydrogen) atoms. The average Bonchev–Trinajstić information content (AvgIpc) is 4.29. The maximum atomic E-state index is 11.3. The van der Waals surface area contributed by atoms with Crippen LogP contribution >= 0.6 is 15.9 Å². The number of ketones is 1. The molecule has 3 radical (unpaired) electrons. The number of methoxy groups -OCH3 is 1. The van der Waals surface area contributed by atoms with Gasteiger partial charge in [-0.15, -0.1) is 0 Å². The van der Waals surface area contributed by atoms with E-state index in [1.54, 1.807) is 48.5 Å². The molecular formula is C65H98BBrNaO15. The summed E-state index contributed by atoms with van der Waals surface area (Å²) in [6, 6.07) is 45.8. The third kappa shape index (κ3) is 51.3. The van der Waals surface area contributed by atoms with Crippen LogP contribution in [0.3, 0.4) is 0 Å². The van der Waals surface area contributed by atoms with E-state index in [0.29, 0.717) is 31.6 Å². The summed E-state index contributed by atoms with van der Waals surface area (Å²) in [6.07, 6.45) is 2.35. The largest absolute Gasteiger partial charge is 1.00 e. The molecule has 0 aliphatic carbocycles. The van der Waals surface area contributed by atoms with E-state index < -0.39 is 30.3 Å². The molecule has 2 heterocycles. The number of benzene rings is 5. The van der Waals surface area contributed by atoms with Gasteiger partial charge in [0, 0.05) is 57.0 Å². The number of aliphatic hydroxyl groups is 3. The maximum absolute atomic E-state index is 11.3. The van der Waals surface area contributed by atoms with E-state index in [-0.39, 0.29) is 95.8 Å². The summed E-state index contributed by atoms with van der Waals surface area (Å²) in [6.45, 7) is 22.9. The van der Waals surface area contributed by atoms with Crippen molar-refractivity contribution in [1.82, 2.24) is 0 Å². The topological polar surface area (TPSA) is 233 Å². The van der Waals surface area contributed by atoms with Crippen molar-refractivity contribution in [1.29, 1.82) is 0 Å². The molecule has 5 aromatic rings. The van der Waals surface area contributed by atoms with Crippen LogP contribution in [0.4, 0.5) is 0 Å². The first kappa shape index (κ1) is 89.3. The quantitative estimate of drug-likeness (QED) is 0.0170. The Kier molecular flexibility index (Phi) is 71.3. The van der Waals surface area contributed by atoms with Gasteiger partial charge in [-0.25, -0.2) is 0 Å². The van der Waals surface area contributed by atoms with Gasteiger partial charge >= 0.3 is 47.5 Å². The van der Waals surface area contributed by atoms with Gasteiger partial charge in [-0.3, -0.25) is 24.0 Å². The van der Waals surface area contributed by atoms with Gasteiger partial charge in [0.2, 0.25) is 0 Å². The van der Waals surface area contributed by atoms with Crippen molar-refractivity contribution < 1.29 is 104 Å². The van der Waals surface area contributed by atoms with E-state index in [9.17, 15) is 39.3 Å². The van der Waals surface area contributed by atoms with Crippen molar-refractivity contribution >= 4 is 54.3 Å². The third-order valence-electron chi connectivity index (χ3n) is 10.0. The molecule has 18 heteroatoms. The fourth-order valence-electron chi connectivity index (χ4n) is 6.19. The Morgan fingerprint density at radius 2 is 0.819 bits per heavy atom. The molecule has 7 rings (SSSR count). The van der Waals surface area contributed by atoms with E-state index in [2.05, 4.69) is 20.7 Å². The van der Waals surface area contributed by atoms with Gasteiger partial charge in [0.1, 0.15) is 6.29 Å².